The smallest absolute Gasteiger partial charge is 0.218 e. The lowest BCUT2D eigenvalue weighted by molar-refractivity contribution is 0.391. The van der Waals surface area contributed by atoms with Gasteiger partial charge in [0.05, 0.1) is 30.7 Å². The van der Waals surface area contributed by atoms with Gasteiger partial charge in [-0.25, -0.2) is 19.9 Å². The molecule has 1 aliphatic rings. The van der Waals surface area contributed by atoms with Gasteiger partial charge in [0.2, 0.25) is 5.88 Å². The Balaban J connectivity index is 1.52. The normalized spacial score (nSPS) is 14.6. The molecule has 4 aromatic heterocycles. The minimum atomic E-state index is -0.155. The maximum absolute atomic E-state index is 6.47. The van der Waals surface area contributed by atoms with E-state index in [1.807, 2.05) is 39.4 Å². The highest BCUT2D eigenvalue weighted by Crippen LogP contribution is 2.35. The molecule has 8 nitrogen and oxygen atoms in total. The monoisotopic (exact) mass is 477 g/mol. The highest BCUT2D eigenvalue weighted by atomic mass is 35.5. The van der Waals surface area contributed by atoms with E-state index in [0.717, 1.165) is 52.2 Å². The molecule has 0 radical (unpaired) electrons. The number of aryl methyl sites for hydroxylation is 2. The van der Waals surface area contributed by atoms with Crippen LogP contribution in [0.1, 0.15) is 42.9 Å². The van der Waals surface area contributed by atoms with Crippen molar-refractivity contribution in [3.05, 3.63) is 52.8 Å². The standard InChI is InChI=1S/C25H28ClN7O/c1-14(31-24-22(26)15(2)30-16(3)32-24)19-9-17(11-29-25(19)34-4)21-13-28-23-20(21)10-18(12-27-23)33-7-5-6-8-33/h9-14H,5-8H2,1-4H3,(H,27,28)(H,30,31,32). The second kappa shape index (κ2) is 9.10. The molecule has 9 heteroatoms. The van der Waals surface area contributed by atoms with E-state index < -0.39 is 0 Å². The van der Waals surface area contributed by atoms with Gasteiger partial charge in [0.15, 0.2) is 0 Å². The molecule has 1 atom stereocenters. The van der Waals surface area contributed by atoms with Crippen molar-refractivity contribution >= 4 is 34.1 Å². The Morgan fingerprint density at radius 3 is 2.68 bits per heavy atom. The van der Waals surface area contributed by atoms with E-state index in [2.05, 4.69) is 47.3 Å². The third-order valence-corrected chi connectivity index (χ3v) is 6.77. The Labute approximate surface area is 203 Å². The van der Waals surface area contributed by atoms with E-state index >= 15 is 0 Å². The molecule has 1 aliphatic heterocycles. The number of rotatable bonds is 6. The summed E-state index contributed by atoms with van der Waals surface area (Å²) in [5, 5.41) is 5.00. The van der Waals surface area contributed by atoms with Crippen LogP contribution in [0.15, 0.2) is 30.7 Å². The molecule has 34 heavy (non-hydrogen) atoms. The zero-order chi connectivity index (χ0) is 23.8. The summed E-state index contributed by atoms with van der Waals surface area (Å²) in [6.07, 6.45) is 8.23. The van der Waals surface area contributed by atoms with Crippen LogP contribution in [0.2, 0.25) is 5.02 Å². The number of ether oxygens (including phenoxy) is 1. The van der Waals surface area contributed by atoms with Crippen LogP contribution in [-0.4, -0.2) is 45.1 Å². The summed E-state index contributed by atoms with van der Waals surface area (Å²) in [6, 6.07) is 4.16. The van der Waals surface area contributed by atoms with Crippen LogP contribution in [-0.2, 0) is 0 Å². The number of nitrogens with one attached hydrogen (secondary N) is 2. The SMILES string of the molecule is COc1ncc(-c2c[nH]c3ncc(N4CCCC4)cc23)cc1C(C)Nc1nc(C)nc(C)c1Cl. The molecular weight excluding hydrogens is 450 g/mol. The maximum Gasteiger partial charge on any atom is 0.218 e. The fourth-order valence-electron chi connectivity index (χ4n) is 4.55. The van der Waals surface area contributed by atoms with Crippen molar-refractivity contribution in [2.45, 2.75) is 39.7 Å². The van der Waals surface area contributed by atoms with Crippen LogP contribution >= 0.6 is 11.6 Å². The predicted octanol–water partition coefficient (Wildman–Crippen LogP) is 5.47. The molecule has 1 saturated heterocycles. The number of hydrogen-bond donors (Lipinski definition) is 2. The molecule has 0 aromatic carbocycles. The molecule has 176 valence electrons. The summed E-state index contributed by atoms with van der Waals surface area (Å²) in [5.74, 6) is 1.81. The van der Waals surface area contributed by atoms with Gasteiger partial charge in [0, 0.05) is 47.6 Å². The Morgan fingerprint density at radius 1 is 1.12 bits per heavy atom. The molecule has 0 bridgehead atoms. The van der Waals surface area contributed by atoms with Gasteiger partial charge in [-0.05, 0) is 45.7 Å². The molecule has 2 N–H and O–H groups in total. The summed E-state index contributed by atoms with van der Waals surface area (Å²) in [6.45, 7) is 7.92. The van der Waals surface area contributed by atoms with E-state index in [9.17, 15) is 0 Å². The first-order valence-electron chi connectivity index (χ1n) is 11.5. The molecule has 4 aromatic rings. The van der Waals surface area contributed by atoms with Gasteiger partial charge in [-0.3, -0.25) is 0 Å². The largest absolute Gasteiger partial charge is 0.481 e. The fourth-order valence-corrected chi connectivity index (χ4v) is 4.69. The van der Waals surface area contributed by atoms with Gasteiger partial charge in [0.1, 0.15) is 22.3 Å². The van der Waals surface area contributed by atoms with Crippen molar-refractivity contribution in [3.63, 3.8) is 0 Å². The third-order valence-electron chi connectivity index (χ3n) is 6.32. The highest BCUT2D eigenvalue weighted by Gasteiger charge is 2.20. The Hall–Kier alpha value is -3.39. The van der Waals surface area contributed by atoms with Gasteiger partial charge >= 0.3 is 0 Å². The minimum absolute atomic E-state index is 0.155. The van der Waals surface area contributed by atoms with E-state index in [4.69, 9.17) is 16.3 Å². The van der Waals surface area contributed by atoms with Crippen molar-refractivity contribution < 1.29 is 4.74 Å². The highest BCUT2D eigenvalue weighted by molar-refractivity contribution is 6.33. The van der Waals surface area contributed by atoms with Gasteiger partial charge in [-0.15, -0.1) is 0 Å². The number of H-pyrrole nitrogens is 1. The molecule has 0 spiro atoms. The number of aromatic amines is 1. The second-order valence-corrected chi connectivity index (χ2v) is 9.07. The molecule has 1 fully saturated rings. The molecule has 5 rings (SSSR count). The van der Waals surface area contributed by atoms with Crippen molar-refractivity contribution in [2.24, 2.45) is 0 Å². The number of anilines is 2. The number of pyridine rings is 2. The van der Waals surface area contributed by atoms with Crippen molar-refractivity contribution in [1.29, 1.82) is 0 Å². The second-order valence-electron chi connectivity index (χ2n) is 8.69. The summed E-state index contributed by atoms with van der Waals surface area (Å²) < 4.78 is 5.58. The van der Waals surface area contributed by atoms with Crippen LogP contribution in [0.25, 0.3) is 22.2 Å². The molecule has 0 amide bonds. The van der Waals surface area contributed by atoms with E-state index in [0.29, 0.717) is 22.5 Å². The summed E-state index contributed by atoms with van der Waals surface area (Å²) in [5.41, 5.74) is 5.70. The van der Waals surface area contributed by atoms with Crippen LogP contribution in [0.4, 0.5) is 11.5 Å². The molecule has 5 heterocycles. The summed E-state index contributed by atoms with van der Waals surface area (Å²) >= 11 is 6.47. The Morgan fingerprint density at radius 2 is 1.91 bits per heavy atom. The quantitative estimate of drug-likeness (QED) is 0.380. The van der Waals surface area contributed by atoms with E-state index in [-0.39, 0.29) is 6.04 Å². The predicted molar refractivity (Wildman–Crippen MR) is 136 cm³/mol. The van der Waals surface area contributed by atoms with Crippen LogP contribution < -0.4 is 15.0 Å². The lowest BCUT2D eigenvalue weighted by atomic mass is 10.0. The topological polar surface area (TPSA) is 91.8 Å². The lowest BCUT2D eigenvalue weighted by Crippen LogP contribution is -2.17. The van der Waals surface area contributed by atoms with Gasteiger partial charge in [-0.2, -0.15) is 0 Å². The first-order valence-corrected chi connectivity index (χ1v) is 11.9. The molecular formula is C25H28ClN7O. The van der Waals surface area contributed by atoms with Crippen LogP contribution in [0.3, 0.4) is 0 Å². The van der Waals surface area contributed by atoms with Crippen molar-refractivity contribution in [2.75, 3.05) is 30.4 Å². The average molecular weight is 478 g/mol. The number of fused-ring (bicyclic) bond motifs is 1. The van der Waals surface area contributed by atoms with Gasteiger partial charge in [0.25, 0.3) is 0 Å². The number of nitrogens with zero attached hydrogens (tertiary/aromatic N) is 5. The van der Waals surface area contributed by atoms with Gasteiger partial charge < -0.3 is 19.9 Å². The van der Waals surface area contributed by atoms with Crippen LogP contribution in [0, 0.1) is 13.8 Å². The zero-order valence-corrected chi connectivity index (χ0v) is 20.6. The van der Waals surface area contributed by atoms with Crippen molar-refractivity contribution in [1.82, 2.24) is 24.9 Å². The average Bonchev–Trinajstić information content (AvgIpc) is 3.51. The molecule has 1 unspecified atom stereocenters. The molecule has 0 aliphatic carbocycles. The number of hydrogen-bond acceptors (Lipinski definition) is 7. The Bertz CT molecular complexity index is 1350. The third kappa shape index (κ3) is 4.14. The molecule has 0 saturated carbocycles. The Kier molecular flexibility index (Phi) is 6.00. The van der Waals surface area contributed by atoms with Crippen molar-refractivity contribution in [3.8, 4) is 17.0 Å². The first kappa shape index (κ1) is 22.4. The fraction of sp³-hybridized carbons (Fsp3) is 0.360. The lowest BCUT2D eigenvalue weighted by Gasteiger charge is -2.19. The number of methoxy groups -OCH3 is 1. The van der Waals surface area contributed by atoms with Gasteiger partial charge in [-0.1, -0.05) is 11.6 Å². The summed E-state index contributed by atoms with van der Waals surface area (Å²) in [7, 11) is 1.63. The summed E-state index contributed by atoms with van der Waals surface area (Å²) in [4.78, 5) is 23.8. The first-order chi connectivity index (χ1) is 16.4. The van der Waals surface area contributed by atoms with E-state index in [1.54, 1.807) is 7.11 Å². The minimum Gasteiger partial charge on any atom is -0.481 e. The maximum atomic E-state index is 6.47. The van der Waals surface area contributed by atoms with E-state index in [1.165, 1.54) is 12.8 Å². The zero-order valence-electron chi connectivity index (χ0n) is 19.8. The number of halogens is 1. The number of aromatic nitrogens is 5. The van der Waals surface area contributed by atoms with Crippen LogP contribution in [0.5, 0.6) is 5.88 Å².